The molecule has 13 heavy (non-hydrogen) atoms. The lowest BCUT2D eigenvalue weighted by Gasteiger charge is -2.25. The topological polar surface area (TPSA) is 26.3 Å². The van der Waals surface area contributed by atoms with E-state index in [-0.39, 0.29) is 6.10 Å². The van der Waals surface area contributed by atoms with E-state index in [1.54, 1.807) is 0 Å². The van der Waals surface area contributed by atoms with Crippen molar-refractivity contribution in [2.45, 2.75) is 39.2 Å². The molecule has 2 fully saturated rings. The van der Waals surface area contributed by atoms with E-state index in [1.165, 1.54) is 12.8 Å². The molecule has 0 N–H and O–H groups in total. The Balaban J connectivity index is 2.09. The minimum Gasteiger partial charge on any atom is -0.450 e. The van der Waals surface area contributed by atoms with Crippen molar-refractivity contribution in [1.29, 1.82) is 0 Å². The molecule has 2 rings (SSSR count). The molecule has 3 atom stereocenters. The Labute approximate surface area is 83.6 Å². The number of hydrogen-bond donors (Lipinski definition) is 0. The lowest BCUT2D eigenvalue weighted by molar-refractivity contribution is 0.0718. The van der Waals surface area contributed by atoms with Gasteiger partial charge in [0.15, 0.2) is 0 Å². The van der Waals surface area contributed by atoms with Crippen LogP contribution in [0.4, 0.5) is 4.79 Å². The fraction of sp³-hybridized carbons (Fsp3) is 0.900. The highest BCUT2D eigenvalue weighted by Gasteiger charge is 2.54. The maximum Gasteiger partial charge on any atom is 0.404 e. The third kappa shape index (κ3) is 1.35. The Morgan fingerprint density at radius 1 is 1.46 bits per heavy atom. The van der Waals surface area contributed by atoms with Gasteiger partial charge in [-0.3, -0.25) is 0 Å². The van der Waals surface area contributed by atoms with Crippen molar-refractivity contribution in [3.05, 3.63) is 0 Å². The summed E-state index contributed by atoms with van der Waals surface area (Å²) < 4.78 is 5.11. The first-order valence-corrected chi connectivity index (χ1v) is 5.25. The molecule has 0 aromatic heterocycles. The zero-order valence-corrected chi connectivity index (χ0v) is 8.80. The van der Waals surface area contributed by atoms with Crippen molar-refractivity contribution in [3.8, 4) is 0 Å². The molecule has 0 aliphatic heterocycles. The van der Waals surface area contributed by atoms with Crippen LogP contribution in [0.25, 0.3) is 0 Å². The van der Waals surface area contributed by atoms with E-state index < -0.39 is 5.43 Å². The summed E-state index contributed by atoms with van der Waals surface area (Å²) in [5.74, 6) is 1.25. The molecule has 0 spiro atoms. The van der Waals surface area contributed by atoms with Gasteiger partial charge in [-0.15, -0.1) is 0 Å². The second-order valence-corrected chi connectivity index (χ2v) is 5.14. The first-order valence-electron chi connectivity index (χ1n) is 4.88. The van der Waals surface area contributed by atoms with Gasteiger partial charge in [0.2, 0.25) is 0 Å². The average molecular weight is 203 g/mol. The van der Waals surface area contributed by atoms with Crippen LogP contribution in [0.3, 0.4) is 0 Å². The van der Waals surface area contributed by atoms with E-state index in [0.717, 1.165) is 12.3 Å². The van der Waals surface area contributed by atoms with Gasteiger partial charge in [0.1, 0.15) is 6.10 Å². The number of fused-ring (bicyclic) bond motifs is 2. The highest BCUT2D eigenvalue weighted by molar-refractivity contribution is 6.61. The smallest absolute Gasteiger partial charge is 0.404 e. The maximum absolute atomic E-state index is 10.6. The number of rotatable bonds is 1. The van der Waals surface area contributed by atoms with Gasteiger partial charge in [0, 0.05) is 17.5 Å². The van der Waals surface area contributed by atoms with Gasteiger partial charge in [-0.05, 0) is 30.6 Å². The summed E-state index contributed by atoms with van der Waals surface area (Å²) in [7, 11) is 0. The Kier molecular flexibility index (Phi) is 2.06. The summed E-state index contributed by atoms with van der Waals surface area (Å²) >= 11 is 5.23. The SMILES string of the molecule is CC1(C)[C@H]2CC[C@@H]1[C@H](OC(=O)Cl)C2. The lowest BCUT2D eigenvalue weighted by Crippen LogP contribution is -2.25. The molecular formula is C10H15ClO2. The number of carbonyl (C=O) groups is 1. The molecule has 0 aromatic rings. The van der Waals surface area contributed by atoms with Gasteiger partial charge >= 0.3 is 5.43 Å². The summed E-state index contributed by atoms with van der Waals surface area (Å²) in [6, 6.07) is 0. The molecule has 0 heterocycles. The van der Waals surface area contributed by atoms with Crippen molar-refractivity contribution in [3.63, 3.8) is 0 Å². The maximum atomic E-state index is 10.6. The van der Waals surface area contributed by atoms with Gasteiger partial charge in [-0.2, -0.15) is 0 Å². The molecule has 2 aliphatic carbocycles. The molecule has 3 heteroatoms. The molecule has 0 radical (unpaired) electrons. The normalized spacial score (nSPS) is 40.7. The first kappa shape index (κ1) is 9.32. The number of halogens is 1. The van der Waals surface area contributed by atoms with Gasteiger partial charge in [-0.25, -0.2) is 4.79 Å². The molecule has 0 unspecified atom stereocenters. The molecular weight excluding hydrogens is 188 g/mol. The van der Waals surface area contributed by atoms with Crippen LogP contribution in [0, 0.1) is 17.3 Å². The molecule has 2 aliphatic rings. The van der Waals surface area contributed by atoms with Crippen LogP contribution in [0.5, 0.6) is 0 Å². The molecule has 2 saturated carbocycles. The zero-order valence-electron chi connectivity index (χ0n) is 8.05. The predicted octanol–water partition coefficient (Wildman–Crippen LogP) is 3.19. The highest BCUT2D eigenvalue weighted by Crippen LogP contribution is 2.58. The fourth-order valence-corrected chi connectivity index (χ4v) is 3.32. The quantitative estimate of drug-likeness (QED) is 0.611. The van der Waals surface area contributed by atoms with Crippen molar-refractivity contribution in [2.24, 2.45) is 17.3 Å². The van der Waals surface area contributed by atoms with Crippen LogP contribution < -0.4 is 0 Å². The summed E-state index contributed by atoms with van der Waals surface area (Å²) in [6.07, 6.45) is 3.56. The highest BCUT2D eigenvalue weighted by atomic mass is 35.5. The van der Waals surface area contributed by atoms with Gasteiger partial charge in [0.05, 0.1) is 0 Å². The molecule has 0 saturated heterocycles. The second-order valence-electron chi connectivity index (χ2n) is 4.83. The Morgan fingerprint density at radius 3 is 2.54 bits per heavy atom. The van der Waals surface area contributed by atoms with Crippen LogP contribution in [-0.2, 0) is 4.74 Å². The Hall–Kier alpha value is -0.240. The molecule has 0 aromatic carbocycles. The van der Waals surface area contributed by atoms with Crippen molar-refractivity contribution in [1.82, 2.24) is 0 Å². The Bertz CT molecular complexity index is 237. The fourth-order valence-electron chi connectivity index (χ4n) is 3.21. The minimum atomic E-state index is -0.645. The Morgan fingerprint density at radius 2 is 2.15 bits per heavy atom. The molecule has 2 nitrogen and oxygen atoms in total. The second kappa shape index (κ2) is 2.88. The van der Waals surface area contributed by atoms with E-state index in [4.69, 9.17) is 16.3 Å². The van der Waals surface area contributed by atoms with Crippen LogP contribution in [0.2, 0.25) is 0 Å². The van der Waals surface area contributed by atoms with E-state index in [9.17, 15) is 4.79 Å². The number of carbonyl (C=O) groups excluding carboxylic acids is 1. The van der Waals surface area contributed by atoms with E-state index in [0.29, 0.717) is 11.3 Å². The van der Waals surface area contributed by atoms with Crippen LogP contribution in [0.15, 0.2) is 0 Å². The van der Waals surface area contributed by atoms with Crippen LogP contribution in [0.1, 0.15) is 33.1 Å². The van der Waals surface area contributed by atoms with Gasteiger partial charge in [-0.1, -0.05) is 13.8 Å². The third-order valence-electron chi connectivity index (χ3n) is 4.04. The molecule has 74 valence electrons. The summed E-state index contributed by atoms with van der Waals surface area (Å²) in [5.41, 5.74) is -0.301. The summed E-state index contributed by atoms with van der Waals surface area (Å²) in [5, 5.41) is 0. The number of hydrogen-bond acceptors (Lipinski definition) is 2. The lowest BCUT2D eigenvalue weighted by atomic mass is 9.82. The molecule has 0 amide bonds. The summed E-state index contributed by atoms with van der Waals surface area (Å²) in [6.45, 7) is 4.55. The number of ether oxygens (including phenoxy) is 1. The van der Waals surface area contributed by atoms with E-state index >= 15 is 0 Å². The molecule has 2 bridgehead atoms. The minimum absolute atomic E-state index is 0.0822. The van der Waals surface area contributed by atoms with Gasteiger partial charge in [0.25, 0.3) is 0 Å². The standard InChI is InChI=1S/C10H15ClO2/c1-10(2)6-3-4-7(10)8(5-6)13-9(11)12/h6-8H,3-5H2,1-2H3/t6-,7+,8+/m0/s1. The predicted molar refractivity (Wildman–Crippen MR) is 50.7 cm³/mol. The summed E-state index contributed by atoms with van der Waals surface area (Å²) in [4.78, 5) is 10.6. The van der Waals surface area contributed by atoms with E-state index in [2.05, 4.69) is 13.8 Å². The average Bonchev–Trinajstić information content (AvgIpc) is 2.38. The monoisotopic (exact) mass is 202 g/mol. The van der Waals surface area contributed by atoms with Crippen molar-refractivity contribution < 1.29 is 9.53 Å². The first-order chi connectivity index (χ1) is 6.01. The third-order valence-corrected chi connectivity index (χ3v) is 4.13. The largest absolute Gasteiger partial charge is 0.450 e. The van der Waals surface area contributed by atoms with E-state index in [1.807, 2.05) is 0 Å². The van der Waals surface area contributed by atoms with Crippen molar-refractivity contribution >= 4 is 17.0 Å². The van der Waals surface area contributed by atoms with Gasteiger partial charge < -0.3 is 4.74 Å². The van der Waals surface area contributed by atoms with Crippen LogP contribution >= 0.6 is 11.6 Å². The zero-order chi connectivity index (χ0) is 9.64. The van der Waals surface area contributed by atoms with Crippen molar-refractivity contribution in [2.75, 3.05) is 0 Å². The van der Waals surface area contributed by atoms with Crippen LogP contribution in [-0.4, -0.2) is 11.5 Å².